The van der Waals surface area contributed by atoms with Gasteiger partial charge in [0.05, 0.1) is 19.9 Å². The van der Waals surface area contributed by atoms with Crippen LogP contribution in [0.15, 0.2) is 53.9 Å². The number of aryl methyl sites for hydroxylation is 1. The Hall–Kier alpha value is -3.52. The molecule has 32 heavy (non-hydrogen) atoms. The highest BCUT2D eigenvalue weighted by atomic mass is 32.1. The second-order valence-electron chi connectivity index (χ2n) is 7.02. The van der Waals surface area contributed by atoms with Crippen molar-refractivity contribution in [3.05, 3.63) is 59.5 Å². The number of nitrogens with one attached hydrogen (secondary N) is 1. The highest BCUT2D eigenvalue weighted by molar-refractivity contribution is 7.14. The number of carbonyl (C=O) groups is 1. The number of fused-ring (bicyclic) bond motifs is 1. The molecule has 2 heterocycles. The van der Waals surface area contributed by atoms with Gasteiger partial charge in [-0.25, -0.2) is 4.98 Å². The molecule has 0 atom stereocenters. The predicted octanol–water partition coefficient (Wildman–Crippen LogP) is 4.73. The first-order valence-corrected chi connectivity index (χ1v) is 11.1. The van der Waals surface area contributed by atoms with Crippen LogP contribution in [0, 0.1) is 0 Å². The Bertz CT molecular complexity index is 1130. The Kier molecular flexibility index (Phi) is 6.91. The van der Waals surface area contributed by atoms with Crippen LogP contribution < -0.4 is 24.3 Å². The van der Waals surface area contributed by atoms with E-state index >= 15 is 0 Å². The highest BCUT2D eigenvalue weighted by Crippen LogP contribution is 2.35. The molecule has 1 N–H and O–H groups in total. The zero-order valence-electron chi connectivity index (χ0n) is 17.9. The maximum Gasteiger partial charge on any atom is 0.249 e. The lowest BCUT2D eigenvalue weighted by Crippen LogP contribution is -2.15. The van der Waals surface area contributed by atoms with Gasteiger partial charge in [-0.1, -0.05) is 12.1 Å². The molecule has 1 aromatic heterocycles. The van der Waals surface area contributed by atoms with Gasteiger partial charge in [0.15, 0.2) is 28.1 Å². The quantitative estimate of drug-likeness (QED) is 0.498. The van der Waals surface area contributed by atoms with Gasteiger partial charge in [0.2, 0.25) is 5.91 Å². The maximum absolute atomic E-state index is 12.2. The third-order valence-corrected chi connectivity index (χ3v) is 5.65. The van der Waals surface area contributed by atoms with Gasteiger partial charge in [0.1, 0.15) is 13.2 Å². The first-order valence-electron chi connectivity index (χ1n) is 10.2. The Morgan fingerprint density at radius 3 is 2.72 bits per heavy atom. The fraction of sp³-hybridized carbons (Fsp3) is 0.250. The molecule has 3 aromatic rings. The van der Waals surface area contributed by atoms with Gasteiger partial charge in [0, 0.05) is 10.9 Å². The van der Waals surface area contributed by atoms with Crippen LogP contribution in [0.1, 0.15) is 12.0 Å². The number of anilines is 1. The molecule has 166 valence electrons. The van der Waals surface area contributed by atoms with Crippen LogP contribution in [0.4, 0.5) is 5.13 Å². The van der Waals surface area contributed by atoms with Crippen molar-refractivity contribution in [3.8, 4) is 34.3 Å². The van der Waals surface area contributed by atoms with Gasteiger partial charge in [-0.2, -0.15) is 0 Å². The molecule has 1 aliphatic rings. The molecule has 0 bridgehead atoms. The van der Waals surface area contributed by atoms with Crippen LogP contribution in [-0.2, 0) is 11.2 Å². The van der Waals surface area contributed by atoms with E-state index in [0.29, 0.717) is 35.6 Å². The fourth-order valence-electron chi connectivity index (χ4n) is 3.29. The second kappa shape index (κ2) is 10.2. The minimum atomic E-state index is -0.208. The smallest absolute Gasteiger partial charge is 0.249 e. The normalized spacial score (nSPS) is 12.6. The summed E-state index contributed by atoms with van der Waals surface area (Å²) in [6.07, 6.45) is 4.89. The van der Waals surface area contributed by atoms with Gasteiger partial charge in [0.25, 0.3) is 0 Å². The molecule has 0 aliphatic carbocycles. The first-order chi connectivity index (χ1) is 15.7. The summed E-state index contributed by atoms with van der Waals surface area (Å²) < 4.78 is 21.8. The van der Waals surface area contributed by atoms with E-state index in [1.807, 2.05) is 47.9 Å². The van der Waals surface area contributed by atoms with E-state index in [4.69, 9.17) is 18.9 Å². The molecule has 1 amide bonds. The molecule has 1 aliphatic heterocycles. The fourth-order valence-corrected chi connectivity index (χ4v) is 4.01. The topological polar surface area (TPSA) is 78.9 Å². The van der Waals surface area contributed by atoms with Crippen LogP contribution in [0.5, 0.6) is 23.0 Å². The number of methoxy groups -OCH3 is 2. The van der Waals surface area contributed by atoms with Gasteiger partial charge >= 0.3 is 0 Å². The zero-order valence-corrected chi connectivity index (χ0v) is 18.7. The Labute approximate surface area is 190 Å². The number of allylic oxidation sites excluding steroid dienone is 1. The maximum atomic E-state index is 12.2. The van der Waals surface area contributed by atoms with Gasteiger partial charge < -0.3 is 18.9 Å². The molecule has 4 rings (SSSR count). The average Bonchev–Trinajstić information content (AvgIpc) is 3.29. The first kappa shape index (κ1) is 21.7. The summed E-state index contributed by atoms with van der Waals surface area (Å²) in [4.78, 5) is 16.8. The lowest BCUT2D eigenvalue weighted by atomic mass is 10.1. The summed E-state index contributed by atoms with van der Waals surface area (Å²) in [6.45, 7) is 1.09. The van der Waals surface area contributed by atoms with Crippen molar-refractivity contribution in [2.24, 2.45) is 0 Å². The zero-order chi connectivity index (χ0) is 22.3. The largest absolute Gasteiger partial charge is 0.493 e. The number of hydrogen-bond acceptors (Lipinski definition) is 7. The van der Waals surface area contributed by atoms with Gasteiger partial charge in [-0.3, -0.25) is 10.1 Å². The Balaban J connectivity index is 1.30. The van der Waals surface area contributed by atoms with Crippen LogP contribution in [0.2, 0.25) is 0 Å². The number of carbonyl (C=O) groups excluding carboxylic acids is 1. The molecule has 0 saturated carbocycles. The molecule has 0 radical (unpaired) electrons. The molecule has 0 fully saturated rings. The Morgan fingerprint density at radius 2 is 1.91 bits per heavy atom. The third-order valence-electron chi connectivity index (χ3n) is 4.89. The molecule has 2 aromatic carbocycles. The molecule has 0 spiro atoms. The standard InChI is InChI=1S/C24H24N2O5S/c1-28-19-9-7-16(13-21(19)29-2)5-3-4-6-23(27)26-24-25-18(15-32-24)17-8-10-20-22(14-17)31-12-11-30-20/h4,6-10,13-15H,3,5,11-12H2,1-2H3,(H,25,26,27). The number of thiazole rings is 1. The number of amides is 1. The van der Waals surface area contributed by atoms with Crippen molar-refractivity contribution in [2.75, 3.05) is 32.8 Å². The van der Waals surface area contributed by atoms with Crippen molar-refractivity contribution < 1.29 is 23.7 Å². The molecular formula is C24H24N2O5S. The summed E-state index contributed by atoms with van der Waals surface area (Å²) in [5.74, 6) is 2.64. The van der Waals surface area contributed by atoms with Crippen molar-refractivity contribution in [3.63, 3.8) is 0 Å². The van der Waals surface area contributed by atoms with Crippen LogP contribution >= 0.6 is 11.3 Å². The lowest BCUT2D eigenvalue weighted by Gasteiger charge is -2.18. The van der Waals surface area contributed by atoms with E-state index in [1.54, 1.807) is 14.2 Å². The van der Waals surface area contributed by atoms with E-state index in [-0.39, 0.29) is 5.91 Å². The molecule has 0 saturated heterocycles. The second-order valence-corrected chi connectivity index (χ2v) is 7.87. The monoisotopic (exact) mass is 452 g/mol. The van der Waals surface area contributed by atoms with E-state index in [1.165, 1.54) is 17.4 Å². The number of ether oxygens (including phenoxy) is 4. The lowest BCUT2D eigenvalue weighted by molar-refractivity contribution is -0.111. The van der Waals surface area contributed by atoms with Crippen LogP contribution in [0.25, 0.3) is 11.3 Å². The number of nitrogens with zero attached hydrogens (tertiary/aromatic N) is 1. The minimum Gasteiger partial charge on any atom is -0.493 e. The van der Waals surface area contributed by atoms with Gasteiger partial charge in [-0.05, 0) is 54.8 Å². The van der Waals surface area contributed by atoms with Crippen LogP contribution in [-0.4, -0.2) is 38.3 Å². The molecule has 0 unspecified atom stereocenters. The molecular weight excluding hydrogens is 428 g/mol. The summed E-state index contributed by atoms with van der Waals surface area (Å²) in [7, 11) is 3.23. The van der Waals surface area contributed by atoms with E-state index in [0.717, 1.165) is 35.4 Å². The Morgan fingerprint density at radius 1 is 1.09 bits per heavy atom. The van der Waals surface area contributed by atoms with Crippen molar-refractivity contribution in [1.82, 2.24) is 4.98 Å². The van der Waals surface area contributed by atoms with Gasteiger partial charge in [-0.15, -0.1) is 11.3 Å². The highest BCUT2D eigenvalue weighted by Gasteiger charge is 2.14. The number of rotatable bonds is 8. The summed E-state index contributed by atoms with van der Waals surface area (Å²) in [6, 6.07) is 11.5. The molecule has 8 heteroatoms. The predicted molar refractivity (Wildman–Crippen MR) is 124 cm³/mol. The van der Waals surface area contributed by atoms with Crippen molar-refractivity contribution >= 4 is 22.4 Å². The molecule has 7 nitrogen and oxygen atoms in total. The van der Waals surface area contributed by atoms with E-state index < -0.39 is 0 Å². The number of aromatic nitrogens is 1. The number of benzene rings is 2. The van der Waals surface area contributed by atoms with Crippen molar-refractivity contribution in [2.45, 2.75) is 12.8 Å². The van der Waals surface area contributed by atoms with E-state index in [2.05, 4.69) is 10.3 Å². The van der Waals surface area contributed by atoms with Crippen LogP contribution in [0.3, 0.4) is 0 Å². The summed E-state index contributed by atoms with van der Waals surface area (Å²) in [5.41, 5.74) is 2.80. The third kappa shape index (κ3) is 5.20. The van der Waals surface area contributed by atoms with E-state index in [9.17, 15) is 4.79 Å². The summed E-state index contributed by atoms with van der Waals surface area (Å²) in [5, 5.41) is 5.27. The van der Waals surface area contributed by atoms with Crippen molar-refractivity contribution in [1.29, 1.82) is 0 Å². The minimum absolute atomic E-state index is 0.208. The average molecular weight is 453 g/mol. The summed E-state index contributed by atoms with van der Waals surface area (Å²) >= 11 is 1.38. The number of hydrogen-bond donors (Lipinski definition) is 1. The SMILES string of the molecule is COc1ccc(CCC=CC(=O)Nc2nc(-c3ccc4c(c3)OCCO4)cs2)cc1OC.